The average molecular weight is 179 g/mol. The van der Waals surface area contributed by atoms with Gasteiger partial charge < -0.3 is 10.4 Å². The number of nitrogens with one attached hydrogen (secondary N) is 1. The first-order valence-electron chi connectivity index (χ1n) is 4.71. The monoisotopic (exact) mass is 179 g/mol. The van der Waals surface area contributed by atoms with Crippen LogP contribution in [0.2, 0.25) is 0 Å². The minimum absolute atomic E-state index is 0.250. The van der Waals surface area contributed by atoms with Gasteiger partial charge in [-0.25, -0.2) is 0 Å². The van der Waals surface area contributed by atoms with Gasteiger partial charge in [0.05, 0.1) is 6.10 Å². The van der Waals surface area contributed by atoms with Crippen LogP contribution in [-0.4, -0.2) is 17.8 Å². The topological polar surface area (TPSA) is 32.3 Å². The van der Waals surface area contributed by atoms with Crippen molar-refractivity contribution in [2.24, 2.45) is 0 Å². The van der Waals surface area contributed by atoms with Crippen LogP contribution in [0.3, 0.4) is 0 Å². The zero-order valence-corrected chi connectivity index (χ0v) is 8.25. The zero-order valence-electron chi connectivity index (χ0n) is 8.25. The summed E-state index contributed by atoms with van der Waals surface area (Å²) in [6, 6.07) is 8.09. The Balaban J connectivity index is 2.50. The van der Waals surface area contributed by atoms with E-state index in [1.807, 2.05) is 25.1 Å². The van der Waals surface area contributed by atoms with Gasteiger partial charge in [-0.2, -0.15) is 0 Å². The molecule has 0 aliphatic carbocycles. The molecule has 2 nitrogen and oxygen atoms in total. The van der Waals surface area contributed by atoms with Crippen LogP contribution in [0.1, 0.15) is 18.9 Å². The van der Waals surface area contributed by atoms with Crippen LogP contribution in [0, 0.1) is 6.92 Å². The van der Waals surface area contributed by atoms with Crippen LogP contribution in [0.25, 0.3) is 0 Å². The van der Waals surface area contributed by atoms with Gasteiger partial charge in [0.25, 0.3) is 0 Å². The molecular formula is C11H17NO. The van der Waals surface area contributed by atoms with E-state index in [0.717, 1.165) is 12.1 Å². The molecule has 1 aromatic carbocycles. The summed E-state index contributed by atoms with van der Waals surface area (Å²) >= 11 is 0. The normalized spacial score (nSPS) is 12.5. The van der Waals surface area contributed by atoms with Gasteiger partial charge in [-0.3, -0.25) is 0 Å². The maximum absolute atomic E-state index is 9.35. The molecule has 0 heterocycles. The largest absolute Gasteiger partial charge is 0.391 e. The molecule has 13 heavy (non-hydrogen) atoms. The first-order chi connectivity index (χ1) is 6.24. The smallest absolute Gasteiger partial charge is 0.0709 e. The molecule has 0 aliphatic rings. The van der Waals surface area contributed by atoms with Crippen molar-refractivity contribution in [2.75, 3.05) is 11.9 Å². The summed E-state index contributed by atoms with van der Waals surface area (Å²) in [6.07, 6.45) is 0.540. The molecule has 72 valence electrons. The lowest BCUT2D eigenvalue weighted by molar-refractivity contribution is 0.183. The Kier molecular flexibility index (Phi) is 3.77. The molecule has 0 saturated carbocycles. The maximum Gasteiger partial charge on any atom is 0.0709 e. The summed E-state index contributed by atoms with van der Waals surface area (Å²) in [4.78, 5) is 0. The van der Waals surface area contributed by atoms with Crippen LogP contribution in [0.4, 0.5) is 5.69 Å². The van der Waals surface area contributed by atoms with Crippen molar-refractivity contribution in [1.82, 2.24) is 0 Å². The molecule has 1 aromatic rings. The van der Waals surface area contributed by atoms with Crippen molar-refractivity contribution in [3.63, 3.8) is 0 Å². The molecule has 0 aliphatic heterocycles. The van der Waals surface area contributed by atoms with Crippen molar-refractivity contribution in [2.45, 2.75) is 26.4 Å². The molecule has 0 radical (unpaired) electrons. The van der Waals surface area contributed by atoms with E-state index in [2.05, 4.69) is 18.3 Å². The Morgan fingerprint density at radius 1 is 1.38 bits per heavy atom. The number of rotatable bonds is 4. The quantitative estimate of drug-likeness (QED) is 0.742. The van der Waals surface area contributed by atoms with Crippen LogP contribution in [0.15, 0.2) is 24.3 Å². The summed E-state index contributed by atoms with van der Waals surface area (Å²) in [7, 11) is 0. The van der Waals surface area contributed by atoms with E-state index in [-0.39, 0.29) is 6.10 Å². The fourth-order valence-corrected chi connectivity index (χ4v) is 1.14. The molecule has 0 spiro atoms. The lowest BCUT2D eigenvalue weighted by Crippen LogP contribution is -2.18. The lowest BCUT2D eigenvalue weighted by Gasteiger charge is -2.12. The summed E-state index contributed by atoms with van der Waals surface area (Å²) < 4.78 is 0. The highest BCUT2D eigenvalue weighted by Crippen LogP contribution is 2.12. The van der Waals surface area contributed by atoms with Gasteiger partial charge in [0.1, 0.15) is 0 Å². The third-order valence-corrected chi connectivity index (χ3v) is 2.14. The van der Waals surface area contributed by atoms with Crippen molar-refractivity contribution in [3.05, 3.63) is 29.8 Å². The lowest BCUT2D eigenvalue weighted by atomic mass is 10.2. The van der Waals surface area contributed by atoms with Gasteiger partial charge in [-0.05, 0) is 25.0 Å². The van der Waals surface area contributed by atoms with Crippen LogP contribution in [0.5, 0.6) is 0 Å². The fraction of sp³-hybridized carbons (Fsp3) is 0.455. The summed E-state index contributed by atoms with van der Waals surface area (Å²) in [5, 5.41) is 12.6. The van der Waals surface area contributed by atoms with Crippen molar-refractivity contribution >= 4 is 5.69 Å². The van der Waals surface area contributed by atoms with Crippen LogP contribution < -0.4 is 5.32 Å². The second kappa shape index (κ2) is 4.87. The number of aliphatic hydroxyl groups is 1. The molecule has 0 bridgehead atoms. The van der Waals surface area contributed by atoms with Crippen LogP contribution in [-0.2, 0) is 0 Å². The Morgan fingerprint density at radius 3 is 2.69 bits per heavy atom. The number of aliphatic hydroxyl groups excluding tert-OH is 1. The van der Waals surface area contributed by atoms with E-state index in [4.69, 9.17) is 0 Å². The molecule has 1 rings (SSSR count). The predicted octanol–water partition coefficient (Wildman–Crippen LogP) is 2.18. The highest BCUT2D eigenvalue weighted by Gasteiger charge is 2.00. The number of hydrogen-bond donors (Lipinski definition) is 2. The minimum atomic E-state index is -0.250. The van der Waals surface area contributed by atoms with E-state index < -0.39 is 0 Å². The molecule has 0 amide bonds. The number of anilines is 1. The number of para-hydroxylation sites is 1. The van der Waals surface area contributed by atoms with Crippen molar-refractivity contribution in [3.8, 4) is 0 Å². The Hall–Kier alpha value is -1.02. The number of aryl methyl sites for hydroxylation is 1. The molecule has 2 heteroatoms. The molecule has 0 aromatic heterocycles. The number of hydrogen-bond acceptors (Lipinski definition) is 2. The summed E-state index contributed by atoms with van der Waals surface area (Å²) in [5.41, 5.74) is 2.32. The second-order valence-electron chi connectivity index (χ2n) is 3.26. The maximum atomic E-state index is 9.35. The average Bonchev–Trinajstić information content (AvgIpc) is 2.16. The fourth-order valence-electron chi connectivity index (χ4n) is 1.14. The second-order valence-corrected chi connectivity index (χ2v) is 3.26. The molecule has 2 N–H and O–H groups in total. The van der Waals surface area contributed by atoms with Gasteiger partial charge in [-0.15, -0.1) is 0 Å². The van der Waals surface area contributed by atoms with Crippen LogP contribution >= 0.6 is 0 Å². The molecular weight excluding hydrogens is 162 g/mol. The van der Waals surface area contributed by atoms with Gasteiger partial charge in [0.2, 0.25) is 0 Å². The van der Waals surface area contributed by atoms with Crippen molar-refractivity contribution < 1.29 is 5.11 Å². The third-order valence-electron chi connectivity index (χ3n) is 2.14. The van der Waals surface area contributed by atoms with E-state index in [1.54, 1.807) is 0 Å². The van der Waals surface area contributed by atoms with E-state index in [0.29, 0.717) is 6.54 Å². The SMILES string of the molecule is CCC(O)CNc1ccccc1C. The summed E-state index contributed by atoms with van der Waals surface area (Å²) in [6.45, 7) is 4.66. The Morgan fingerprint density at radius 2 is 2.08 bits per heavy atom. The first-order valence-corrected chi connectivity index (χ1v) is 4.71. The van der Waals surface area contributed by atoms with E-state index >= 15 is 0 Å². The van der Waals surface area contributed by atoms with Gasteiger partial charge >= 0.3 is 0 Å². The molecule has 1 atom stereocenters. The first kappa shape index (κ1) is 10.1. The molecule has 0 fully saturated rings. The van der Waals surface area contributed by atoms with E-state index in [9.17, 15) is 5.11 Å². The highest BCUT2D eigenvalue weighted by molar-refractivity contribution is 5.50. The van der Waals surface area contributed by atoms with E-state index in [1.165, 1.54) is 5.56 Å². The molecule has 1 unspecified atom stereocenters. The Labute approximate surface area is 79.6 Å². The third kappa shape index (κ3) is 3.07. The van der Waals surface area contributed by atoms with Gasteiger partial charge in [0.15, 0.2) is 0 Å². The van der Waals surface area contributed by atoms with Crippen molar-refractivity contribution in [1.29, 1.82) is 0 Å². The minimum Gasteiger partial charge on any atom is -0.391 e. The standard InChI is InChI=1S/C11H17NO/c1-3-10(13)8-12-11-7-5-4-6-9(11)2/h4-7,10,12-13H,3,8H2,1-2H3. The number of benzene rings is 1. The Bertz CT molecular complexity index is 260. The highest BCUT2D eigenvalue weighted by atomic mass is 16.3. The van der Waals surface area contributed by atoms with Gasteiger partial charge in [-0.1, -0.05) is 25.1 Å². The summed E-state index contributed by atoms with van der Waals surface area (Å²) in [5.74, 6) is 0. The molecule has 0 saturated heterocycles. The van der Waals surface area contributed by atoms with Gasteiger partial charge in [0, 0.05) is 12.2 Å². The predicted molar refractivity (Wildman–Crippen MR) is 56.0 cm³/mol. The zero-order chi connectivity index (χ0) is 9.68.